The zero-order chi connectivity index (χ0) is 17.4. The van der Waals surface area contributed by atoms with Crippen molar-refractivity contribution in [2.24, 2.45) is 5.92 Å². The molecular weight excluding hydrogens is 337 g/mol. The molecule has 0 saturated carbocycles. The molecule has 0 fully saturated rings. The van der Waals surface area contributed by atoms with Gasteiger partial charge in [0.2, 0.25) is 5.91 Å². The lowest BCUT2D eigenvalue weighted by atomic mass is 10.1. The third-order valence-corrected chi connectivity index (χ3v) is 3.69. The number of esters is 1. The molecule has 0 spiro atoms. The minimum Gasteiger partial charge on any atom is -0.469 e. The first-order chi connectivity index (χ1) is 10.9. The summed E-state index contributed by atoms with van der Waals surface area (Å²) >= 11 is 11.9. The van der Waals surface area contributed by atoms with Crippen LogP contribution in [0.2, 0.25) is 10.0 Å². The van der Waals surface area contributed by atoms with Gasteiger partial charge >= 0.3 is 5.97 Å². The molecule has 1 amide bonds. The van der Waals surface area contributed by atoms with Crippen molar-refractivity contribution in [3.05, 3.63) is 52.5 Å². The second-order valence-electron chi connectivity index (χ2n) is 4.96. The average Bonchev–Trinajstić information content (AvgIpc) is 2.52. The SMILES string of the molecule is C=CCN(CC(C)C(=O)OC)C(=O)/C=C/c1ccc(Cl)cc1Cl. The lowest BCUT2D eigenvalue weighted by Gasteiger charge is -2.22. The fourth-order valence-electron chi connectivity index (χ4n) is 1.92. The predicted octanol–water partition coefficient (Wildman–Crippen LogP) is 3.83. The largest absolute Gasteiger partial charge is 0.469 e. The van der Waals surface area contributed by atoms with E-state index in [0.29, 0.717) is 22.2 Å². The molecule has 1 unspecified atom stereocenters. The summed E-state index contributed by atoms with van der Waals surface area (Å²) in [7, 11) is 1.32. The van der Waals surface area contributed by atoms with Crippen LogP contribution in [0.25, 0.3) is 6.08 Å². The van der Waals surface area contributed by atoms with E-state index >= 15 is 0 Å². The molecule has 1 aromatic carbocycles. The molecule has 0 N–H and O–H groups in total. The topological polar surface area (TPSA) is 46.6 Å². The number of ether oxygens (including phenoxy) is 1. The monoisotopic (exact) mass is 355 g/mol. The van der Waals surface area contributed by atoms with Crippen molar-refractivity contribution >= 4 is 41.2 Å². The first-order valence-electron chi connectivity index (χ1n) is 6.99. The molecule has 1 rings (SSSR count). The van der Waals surface area contributed by atoms with Gasteiger partial charge in [0.25, 0.3) is 0 Å². The minimum atomic E-state index is -0.420. The molecule has 0 saturated heterocycles. The van der Waals surface area contributed by atoms with Crippen LogP contribution < -0.4 is 0 Å². The van der Waals surface area contributed by atoms with Crippen LogP contribution in [0.15, 0.2) is 36.9 Å². The van der Waals surface area contributed by atoms with Gasteiger partial charge in [-0.25, -0.2) is 0 Å². The van der Waals surface area contributed by atoms with Gasteiger partial charge in [-0.2, -0.15) is 0 Å². The molecule has 124 valence electrons. The van der Waals surface area contributed by atoms with Crippen LogP contribution in [-0.4, -0.2) is 37.0 Å². The average molecular weight is 356 g/mol. The molecule has 0 aliphatic rings. The zero-order valence-corrected chi connectivity index (χ0v) is 14.6. The summed E-state index contributed by atoms with van der Waals surface area (Å²) in [5.74, 6) is -1.03. The Bertz CT molecular complexity index is 614. The number of halogens is 2. The Morgan fingerprint density at radius 1 is 1.39 bits per heavy atom. The maximum absolute atomic E-state index is 12.3. The van der Waals surface area contributed by atoms with Crippen molar-refractivity contribution in [3.8, 4) is 0 Å². The number of benzene rings is 1. The van der Waals surface area contributed by atoms with Gasteiger partial charge in [-0.3, -0.25) is 9.59 Å². The number of amides is 1. The highest BCUT2D eigenvalue weighted by atomic mass is 35.5. The molecule has 0 aliphatic carbocycles. The molecule has 0 heterocycles. The molecule has 0 aromatic heterocycles. The van der Waals surface area contributed by atoms with Crippen molar-refractivity contribution in [1.82, 2.24) is 4.90 Å². The van der Waals surface area contributed by atoms with E-state index in [0.717, 1.165) is 0 Å². The smallest absolute Gasteiger partial charge is 0.310 e. The van der Waals surface area contributed by atoms with E-state index in [1.165, 1.54) is 18.1 Å². The van der Waals surface area contributed by atoms with Gasteiger partial charge in [-0.15, -0.1) is 6.58 Å². The third-order valence-electron chi connectivity index (χ3n) is 3.13. The van der Waals surface area contributed by atoms with Crippen LogP contribution in [0.5, 0.6) is 0 Å². The zero-order valence-electron chi connectivity index (χ0n) is 13.1. The fourth-order valence-corrected chi connectivity index (χ4v) is 2.39. The van der Waals surface area contributed by atoms with Crippen LogP contribution in [0, 0.1) is 5.92 Å². The number of methoxy groups -OCH3 is 1. The first kappa shape index (κ1) is 19.3. The fraction of sp³-hybridized carbons (Fsp3) is 0.294. The van der Waals surface area contributed by atoms with Crippen molar-refractivity contribution in [2.45, 2.75) is 6.92 Å². The lowest BCUT2D eigenvalue weighted by molar-refractivity contribution is -0.145. The maximum Gasteiger partial charge on any atom is 0.310 e. The van der Waals surface area contributed by atoms with Crippen molar-refractivity contribution in [2.75, 3.05) is 20.2 Å². The van der Waals surface area contributed by atoms with Crippen LogP contribution in [-0.2, 0) is 14.3 Å². The molecule has 1 aromatic rings. The number of carbonyl (C=O) groups excluding carboxylic acids is 2. The molecule has 4 nitrogen and oxygen atoms in total. The quantitative estimate of drug-likeness (QED) is 0.424. The van der Waals surface area contributed by atoms with Gasteiger partial charge in [0, 0.05) is 29.2 Å². The van der Waals surface area contributed by atoms with Crippen molar-refractivity contribution in [1.29, 1.82) is 0 Å². The second-order valence-corrected chi connectivity index (χ2v) is 5.80. The minimum absolute atomic E-state index is 0.244. The number of hydrogen-bond acceptors (Lipinski definition) is 3. The van der Waals surface area contributed by atoms with E-state index in [1.807, 2.05) is 0 Å². The van der Waals surface area contributed by atoms with Crippen LogP contribution in [0.1, 0.15) is 12.5 Å². The summed E-state index contributed by atoms with van der Waals surface area (Å²) in [4.78, 5) is 25.3. The maximum atomic E-state index is 12.3. The van der Waals surface area contributed by atoms with Crippen molar-refractivity contribution in [3.63, 3.8) is 0 Å². The van der Waals surface area contributed by atoms with Gasteiger partial charge in [0.1, 0.15) is 0 Å². The molecule has 0 bridgehead atoms. The highest BCUT2D eigenvalue weighted by Crippen LogP contribution is 2.22. The van der Waals surface area contributed by atoms with Crippen LogP contribution in [0.4, 0.5) is 0 Å². The molecule has 6 heteroatoms. The summed E-state index contributed by atoms with van der Waals surface area (Å²) in [6, 6.07) is 5.02. The van der Waals surface area contributed by atoms with E-state index in [1.54, 1.807) is 37.3 Å². The molecule has 1 atom stereocenters. The first-order valence-corrected chi connectivity index (χ1v) is 7.75. The summed E-state index contributed by atoms with van der Waals surface area (Å²) in [6.45, 7) is 5.91. The van der Waals surface area contributed by atoms with Crippen LogP contribution >= 0.6 is 23.2 Å². The summed E-state index contributed by atoms with van der Waals surface area (Å²) in [5.41, 5.74) is 0.684. The summed E-state index contributed by atoms with van der Waals surface area (Å²) in [5, 5.41) is 0.985. The number of nitrogens with zero attached hydrogens (tertiary/aromatic N) is 1. The molecule has 0 aliphatic heterocycles. The van der Waals surface area contributed by atoms with Crippen molar-refractivity contribution < 1.29 is 14.3 Å². The normalized spacial score (nSPS) is 12.0. The molecule has 0 radical (unpaired) electrons. The van der Waals surface area contributed by atoms with Gasteiger partial charge in [0.15, 0.2) is 0 Å². The summed E-state index contributed by atoms with van der Waals surface area (Å²) < 4.78 is 4.68. The van der Waals surface area contributed by atoms with Crippen LogP contribution in [0.3, 0.4) is 0 Å². The number of rotatable bonds is 7. The Hall–Kier alpha value is -1.78. The van der Waals surface area contributed by atoms with E-state index < -0.39 is 5.92 Å². The van der Waals surface area contributed by atoms with Gasteiger partial charge in [0.05, 0.1) is 13.0 Å². The van der Waals surface area contributed by atoms with E-state index in [2.05, 4.69) is 11.3 Å². The summed E-state index contributed by atoms with van der Waals surface area (Å²) in [6.07, 6.45) is 4.62. The van der Waals surface area contributed by atoms with Gasteiger partial charge in [-0.05, 0) is 23.8 Å². The highest BCUT2D eigenvalue weighted by molar-refractivity contribution is 6.35. The third kappa shape index (κ3) is 6.08. The number of hydrogen-bond donors (Lipinski definition) is 0. The van der Waals surface area contributed by atoms with E-state index in [4.69, 9.17) is 23.2 Å². The Morgan fingerprint density at radius 2 is 2.09 bits per heavy atom. The number of carbonyl (C=O) groups is 2. The predicted molar refractivity (Wildman–Crippen MR) is 93.5 cm³/mol. The van der Waals surface area contributed by atoms with E-state index in [9.17, 15) is 9.59 Å². The lowest BCUT2D eigenvalue weighted by Crippen LogP contribution is -2.36. The second kappa shape index (κ2) is 9.38. The highest BCUT2D eigenvalue weighted by Gasteiger charge is 2.19. The molecular formula is C17H19Cl2NO3. The Kier molecular flexibility index (Phi) is 7.86. The Labute approximate surface area is 146 Å². The molecule has 23 heavy (non-hydrogen) atoms. The Balaban J connectivity index is 2.83. The standard InChI is InChI=1S/C17H19Cl2NO3/c1-4-9-20(11-12(2)17(22)23-3)16(21)8-6-13-5-7-14(18)10-15(13)19/h4-8,10,12H,1,9,11H2,2-3H3/b8-6+. The van der Waals surface area contributed by atoms with E-state index in [-0.39, 0.29) is 18.4 Å². The van der Waals surface area contributed by atoms with Gasteiger partial charge in [-0.1, -0.05) is 42.3 Å². The van der Waals surface area contributed by atoms with Gasteiger partial charge < -0.3 is 9.64 Å². The Morgan fingerprint density at radius 3 is 2.65 bits per heavy atom.